The van der Waals surface area contributed by atoms with Crippen LogP contribution >= 0.6 is 0 Å². The van der Waals surface area contributed by atoms with E-state index >= 15 is 0 Å². The van der Waals surface area contributed by atoms with E-state index in [9.17, 15) is 13.2 Å². The number of carbonyl (C=O) groups excluding carboxylic acids is 1. The Balaban J connectivity index is 1.62. The van der Waals surface area contributed by atoms with Gasteiger partial charge in [-0.15, -0.1) is 0 Å². The van der Waals surface area contributed by atoms with Gasteiger partial charge in [0.15, 0.2) is 0 Å². The number of hydrogen-bond acceptors (Lipinski definition) is 4. The number of nitrogens with zero attached hydrogens (tertiary/aromatic N) is 3. The average molecular weight is 445 g/mol. The first kappa shape index (κ1) is 23.2. The van der Waals surface area contributed by atoms with Crippen LogP contribution in [-0.2, 0) is 28.1 Å². The van der Waals surface area contributed by atoms with E-state index in [0.29, 0.717) is 12.2 Å². The zero-order valence-electron chi connectivity index (χ0n) is 18.3. The minimum absolute atomic E-state index is 0.280. The lowest BCUT2D eigenvalue weighted by molar-refractivity contribution is -0.119. The number of para-hydroxylation sites is 1. The van der Waals surface area contributed by atoms with Gasteiger partial charge < -0.3 is 5.32 Å². The van der Waals surface area contributed by atoms with Gasteiger partial charge >= 0.3 is 10.2 Å². The second-order valence-electron chi connectivity index (χ2n) is 8.07. The number of piperidine rings is 1. The molecule has 0 aliphatic carbocycles. The van der Waals surface area contributed by atoms with Gasteiger partial charge in [-0.3, -0.25) is 9.69 Å². The molecular formula is C23H32N4O3S. The van der Waals surface area contributed by atoms with Crippen LogP contribution in [0.25, 0.3) is 0 Å². The van der Waals surface area contributed by atoms with Gasteiger partial charge in [-0.25, -0.2) is 4.31 Å². The Morgan fingerprint density at radius 2 is 1.65 bits per heavy atom. The Kier molecular flexibility index (Phi) is 8.06. The van der Waals surface area contributed by atoms with Crippen LogP contribution in [0.1, 0.15) is 30.4 Å². The van der Waals surface area contributed by atoms with Gasteiger partial charge in [-0.1, -0.05) is 48.9 Å². The van der Waals surface area contributed by atoms with Crippen molar-refractivity contribution in [2.24, 2.45) is 0 Å². The Labute approximate surface area is 185 Å². The van der Waals surface area contributed by atoms with Crippen LogP contribution in [0.5, 0.6) is 0 Å². The maximum atomic E-state index is 12.7. The Morgan fingerprint density at radius 1 is 0.968 bits per heavy atom. The largest absolute Gasteiger partial charge is 0.350 e. The van der Waals surface area contributed by atoms with Crippen molar-refractivity contribution in [2.45, 2.75) is 32.4 Å². The first-order valence-electron chi connectivity index (χ1n) is 10.7. The molecule has 3 rings (SSSR count). The molecule has 8 heteroatoms. The molecule has 1 aliphatic heterocycles. The number of amides is 1. The van der Waals surface area contributed by atoms with E-state index in [0.717, 1.165) is 33.8 Å². The summed E-state index contributed by atoms with van der Waals surface area (Å²) in [5.74, 6) is -0.351. The number of anilines is 1. The molecule has 0 radical (unpaired) electrons. The van der Waals surface area contributed by atoms with Crippen molar-refractivity contribution in [3.8, 4) is 0 Å². The van der Waals surface area contributed by atoms with Crippen LogP contribution in [0.4, 0.5) is 5.69 Å². The predicted octanol–water partition coefficient (Wildman–Crippen LogP) is 2.60. The van der Waals surface area contributed by atoms with Crippen molar-refractivity contribution in [3.05, 3.63) is 65.7 Å². The number of hydrogen-bond donors (Lipinski definition) is 1. The lowest BCUT2D eigenvalue weighted by atomic mass is 10.1. The summed E-state index contributed by atoms with van der Waals surface area (Å²) in [5.41, 5.74) is 2.69. The van der Waals surface area contributed by atoms with Gasteiger partial charge in [0.25, 0.3) is 0 Å². The van der Waals surface area contributed by atoms with Crippen LogP contribution in [0.2, 0.25) is 0 Å². The van der Waals surface area contributed by atoms with E-state index in [2.05, 4.69) is 22.3 Å². The molecule has 1 amide bonds. The maximum Gasteiger partial charge on any atom is 0.304 e. The number of likely N-dealkylation sites (tertiary alicyclic amines) is 1. The van der Waals surface area contributed by atoms with Gasteiger partial charge in [0.2, 0.25) is 5.91 Å². The highest BCUT2D eigenvalue weighted by Gasteiger charge is 2.27. The molecule has 1 saturated heterocycles. The van der Waals surface area contributed by atoms with E-state index in [-0.39, 0.29) is 12.5 Å². The Hall–Kier alpha value is -2.42. The van der Waals surface area contributed by atoms with Crippen LogP contribution in [0.3, 0.4) is 0 Å². The van der Waals surface area contributed by atoms with Crippen LogP contribution in [0.15, 0.2) is 54.6 Å². The van der Waals surface area contributed by atoms with E-state index in [1.807, 2.05) is 12.1 Å². The standard InChI is InChI=1S/C23H32N4O3S/c1-25(2)31(29,30)27(22-12-5-3-6-13-22)19-23(28)24-17-20-10-9-11-21(16-20)18-26-14-7-4-8-15-26/h3,5-6,9-13,16H,4,7-8,14-15,17-19H2,1-2H3,(H,24,28). The Bertz CT molecular complexity index is 958. The third-order valence-electron chi connectivity index (χ3n) is 5.41. The van der Waals surface area contributed by atoms with Gasteiger partial charge in [0.05, 0.1) is 5.69 Å². The van der Waals surface area contributed by atoms with Crippen molar-refractivity contribution in [1.82, 2.24) is 14.5 Å². The van der Waals surface area contributed by atoms with Crippen LogP contribution in [-0.4, -0.2) is 57.3 Å². The van der Waals surface area contributed by atoms with E-state index in [1.54, 1.807) is 30.3 Å². The maximum absolute atomic E-state index is 12.7. The molecular weight excluding hydrogens is 412 g/mol. The van der Waals surface area contributed by atoms with Gasteiger partial charge in [-0.2, -0.15) is 12.7 Å². The molecule has 1 aliphatic rings. The predicted molar refractivity (Wildman–Crippen MR) is 124 cm³/mol. The number of nitrogens with one attached hydrogen (secondary N) is 1. The van der Waals surface area contributed by atoms with Gasteiger partial charge in [0.1, 0.15) is 6.54 Å². The van der Waals surface area contributed by atoms with Crippen LogP contribution < -0.4 is 9.62 Å². The topological polar surface area (TPSA) is 73.0 Å². The van der Waals surface area contributed by atoms with Crippen molar-refractivity contribution >= 4 is 21.8 Å². The van der Waals surface area contributed by atoms with E-state index in [4.69, 9.17) is 0 Å². The lowest BCUT2D eigenvalue weighted by Crippen LogP contribution is -2.45. The van der Waals surface area contributed by atoms with Gasteiger partial charge in [-0.05, 0) is 49.2 Å². The van der Waals surface area contributed by atoms with Crippen LogP contribution in [0, 0.1) is 0 Å². The van der Waals surface area contributed by atoms with Crippen molar-refractivity contribution in [3.63, 3.8) is 0 Å². The summed E-state index contributed by atoms with van der Waals surface area (Å²) in [5, 5.41) is 2.86. The van der Waals surface area contributed by atoms with Crippen molar-refractivity contribution < 1.29 is 13.2 Å². The molecule has 0 saturated carbocycles. The summed E-state index contributed by atoms with van der Waals surface area (Å²) >= 11 is 0. The molecule has 0 bridgehead atoms. The zero-order chi connectivity index (χ0) is 22.3. The summed E-state index contributed by atoms with van der Waals surface area (Å²) in [6, 6.07) is 16.9. The number of benzene rings is 2. The van der Waals surface area contributed by atoms with Gasteiger partial charge in [0, 0.05) is 27.2 Å². The summed E-state index contributed by atoms with van der Waals surface area (Å²) in [4.78, 5) is 15.1. The fourth-order valence-corrected chi connectivity index (χ4v) is 4.76. The normalized spacial score (nSPS) is 15.1. The molecule has 0 spiro atoms. The summed E-state index contributed by atoms with van der Waals surface area (Å²) in [7, 11) is -0.882. The number of carbonyl (C=O) groups is 1. The molecule has 168 valence electrons. The molecule has 1 N–H and O–H groups in total. The zero-order valence-corrected chi connectivity index (χ0v) is 19.1. The van der Waals surface area contributed by atoms with Crippen molar-refractivity contribution in [1.29, 1.82) is 0 Å². The third kappa shape index (κ3) is 6.53. The first-order chi connectivity index (χ1) is 14.9. The summed E-state index contributed by atoms with van der Waals surface area (Å²) < 4.78 is 27.7. The molecule has 1 fully saturated rings. The van der Waals surface area contributed by atoms with Crippen molar-refractivity contribution in [2.75, 3.05) is 38.0 Å². The first-order valence-corrected chi connectivity index (χ1v) is 12.1. The second-order valence-corrected chi connectivity index (χ2v) is 10.1. The molecule has 7 nitrogen and oxygen atoms in total. The molecule has 0 aromatic heterocycles. The Morgan fingerprint density at radius 3 is 2.32 bits per heavy atom. The molecule has 0 unspecified atom stereocenters. The molecule has 1 heterocycles. The summed E-state index contributed by atoms with van der Waals surface area (Å²) in [6.07, 6.45) is 3.82. The minimum atomic E-state index is -3.79. The fourth-order valence-electron chi connectivity index (χ4n) is 3.70. The SMILES string of the molecule is CN(C)S(=O)(=O)N(CC(=O)NCc1cccc(CN2CCCCC2)c1)c1ccccc1. The average Bonchev–Trinajstić information content (AvgIpc) is 2.77. The van der Waals surface area contributed by atoms with E-state index in [1.165, 1.54) is 38.9 Å². The fraction of sp³-hybridized carbons (Fsp3) is 0.435. The molecule has 31 heavy (non-hydrogen) atoms. The minimum Gasteiger partial charge on any atom is -0.350 e. The second kappa shape index (κ2) is 10.7. The monoisotopic (exact) mass is 444 g/mol. The lowest BCUT2D eigenvalue weighted by Gasteiger charge is -2.27. The third-order valence-corrected chi connectivity index (χ3v) is 7.23. The summed E-state index contributed by atoms with van der Waals surface area (Å²) in [6.45, 7) is 3.27. The highest BCUT2D eigenvalue weighted by atomic mass is 32.2. The molecule has 2 aromatic carbocycles. The highest BCUT2D eigenvalue weighted by molar-refractivity contribution is 7.90. The van der Waals surface area contributed by atoms with E-state index < -0.39 is 10.2 Å². The number of rotatable bonds is 9. The molecule has 0 atom stereocenters. The smallest absolute Gasteiger partial charge is 0.304 e. The highest BCUT2D eigenvalue weighted by Crippen LogP contribution is 2.19. The quantitative estimate of drug-likeness (QED) is 0.645. The molecule has 2 aromatic rings.